The molecule has 1 aromatic rings. The molecule has 0 unspecified atom stereocenters. The second-order valence-electron chi connectivity index (χ2n) is 3.70. The minimum atomic E-state index is 0.462. The summed E-state index contributed by atoms with van der Waals surface area (Å²) < 4.78 is 5.80. The van der Waals surface area contributed by atoms with E-state index in [1.54, 1.807) is 0 Å². The summed E-state index contributed by atoms with van der Waals surface area (Å²) in [6, 6.07) is 7.74. The van der Waals surface area contributed by atoms with Gasteiger partial charge in [-0.3, -0.25) is 0 Å². The molecule has 0 spiro atoms. The SMILES string of the molecule is NCc1ccccc1OC1=CC=C(Cl)CC=C1. The fraction of sp³-hybridized carbons (Fsp3) is 0.143. The van der Waals surface area contributed by atoms with Crippen LogP contribution in [0.1, 0.15) is 12.0 Å². The van der Waals surface area contributed by atoms with Crippen molar-refractivity contribution >= 4 is 11.6 Å². The number of hydrogen-bond acceptors (Lipinski definition) is 2. The highest BCUT2D eigenvalue weighted by molar-refractivity contribution is 6.29. The smallest absolute Gasteiger partial charge is 0.131 e. The lowest BCUT2D eigenvalue weighted by molar-refractivity contribution is 0.439. The lowest BCUT2D eigenvalue weighted by Crippen LogP contribution is -2.01. The Morgan fingerprint density at radius 2 is 2.06 bits per heavy atom. The molecular formula is C14H14ClNO. The molecular weight excluding hydrogens is 234 g/mol. The molecule has 1 aromatic carbocycles. The van der Waals surface area contributed by atoms with E-state index in [2.05, 4.69) is 0 Å². The Hall–Kier alpha value is -1.51. The average Bonchev–Trinajstić information content (AvgIpc) is 2.55. The Balaban J connectivity index is 2.21. The molecule has 2 rings (SSSR count). The van der Waals surface area contributed by atoms with E-state index in [0.29, 0.717) is 6.54 Å². The summed E-state index contributed by atoms with van der Waals surface area (Å²) in [6.45, 7) is 0.462. The number of para-hydroxylation sites is 1. The summed E-state index contributed by atoms with van der Waals surface area (Å²) in [5.74, 6) is 1.55. The minimum absolute atomic E-state index is 0.462. The van der Waals surface area contributed by atoms with Crippen LogP contribution < -0.4 is 10.5 Å². The lowest BCUT2D eigenvalue weighted by Gasteiger charge is -2.09. The molecule has 1 aliphatic carbocycles. The van der Waals surface area contributed by atoms with Crippen molar-refractivity contribution < 1.29 is 4.74 Å². The molecule has 0 aromatic heterocycles. The maximum Gasteiger partial charge on any atom is 0.131 e. The predicted octanol–water partition coefficient (Wildman–Crippen LogP) is 3.49. The van der Waals surface area contributed by atoms with Crippen LogP contribution in [0.5, 0.6) is 5.75 Å². The topological polar surface area (TPSA) is 35.2 Å². The van der Waals surface area contributed by atoms with Crippen molar-refractivity contribution in [3.63, 3.8) is 0 Å². The van der Waals surface area contributed by atoms with Gasteiger partial charge >= 0.3 is 0 Å². The first kappa shape index (κ1) is 12.0. The van der Waals surface area contributed by atoms with Gasteiger partial charge in [0.2, 0.25) is 0 Å². The van der Waals surface area contributed by atoms with E-state index < -0.39 is 0 Å². The van der Waals surface area contributed by atoms with Crippen molar-refractivity contribution in [3.05, 3.63) is 64.9 Å². The lowest BCUT2D eigenvalue weighted by atomic mass is 10.2. The highest BCUT2D eigenvalue weighted by atomic mass is 35.5. The van der Waals surface area contributed by atoms with Crippen LogP contribution in [0.2, 0.25) is 0 Å². The third-order valence-corrected chi connectivity index (χ3v) is 2.72. The fourth-order valence-electron chi connectivity index (χ4n) is 1.55. The molecule has 2 N–H and O–H groups in total. The maximum atomic E-state index is 5.94. The van der Waals surface area contributed by atoms with Gasteiger partial charge in [0.1, 0.15) is 11.5 Å². The van der Waals surface area contributed by atoms with Crippen LogP contribution in [0.15, 0.2) is 59.4 Å². The molecule has 3 heteroatoms. The zero-order valence-corrected chi connectivity index (χ0v) is 10.2. The maximum absolute atomic E-state index is 5.94. The van der Waals surface area contributed by atoms with Gasteiger partial charge in [-0.25, -0.2) is 0 Å². The highest BCUT2D eigenvalue weighted by Gasteiger charge is 2.04. The van der Waals surface area contributed by atoms with Gasteiger partial charge < -0.3 is 10.5 Å². The van der Waals surface area contributed by atoms with E-state index in [1.165, 1.54) is 0 Å². The number of benzene rings is 1. The Morgan fingerprint density at radius 3 is 2.88 bits per heavy atom. The number of hydrogen-bond donors (Lipinski definition) is 1. The van der Waals surface area contributed by atoms with Crippen molar-refractivity contribution in [2.75, 3.05) is 0 Å². The van der Waals surface area contributed by atoms with E-state index >= 15 is 0 Å². The largest absolute Gasteiger partial charge is 0.457 e. The van der Waals surface area contributed by atoms with Crippen molar-refractivity contribution in [1.82, 2.24) is 0 Å². The second-order valence-corrected chi connectivity index (χ2v) is 4.19. The summed E-state index contributed by atoms with van der Waals surface area (Å²) in [5.41, 5.74) is 6.65. The van der Waals surface area contributed by atoms with Gasteiger partial charge in [-0.15, -0.1) is 0 Å². The normalized spacial score (nSPS) is 14.9. The van der Waals surface area contributed by atoms with E-state index in [4.69, 9.17) is 22.1 Å². The molecule has 0 aliphatic heterocycles. The third kappa shape index (κ3) is 3.22. The van der Waals surface area contributed by atoms with Crippen LogP contribution in [0, 0.1) is 0 Å². The standard InChI is InChI=1S/C14H14ClNO/c15-12-5-3-6-13(9-8-12)17-14-7-2-1-4-11(14)10-16/h1-4,6-9H,5,10,16H2. The molecule has 0 saturated heterocycles. The summed E-state index contributed by atoms with van der Waals surface area (Å²) in [5, 5.41) is 0.798. The van der Waals surface area contributed by atoms with Crippen LogP contribution in [0.4, 0.5) is 0 Å². The summed E-state index contributed by atoms with van der Waals surface area (Å²) >= 11 is 5.94. The van der Waals surface area contributed by atoms with Crippen LogP contribution in [0.25, 0.3) is 0 Å². The molecule has 2 nitrogen and oxygen atoms in total. The van der Waals surface area contributed by atoms with Crippen molar-refractivity contribution in [1.29, 1.82) is 0 Å². The van der Waals surface area contributed by atoms with Crippen LogP contribution in [0.3, 0.4) is 0 Å². The monoisotopic (exact) mass is 247 g/mol. The highest BCUT2D eigenvalue weighted by Crippen LogP contribution is 2.22. The van der Waals surface area contributed by atoms with Gasteiger partial charge in [-0.1, -0.05) is 35.9 Å². The zero-order chi connectivity index (χ0) is 12.1. The van der Waals surface area contributed by atoms with Gasteiger partial charge in [0.25, 0.3) is 0 Å². The summed E-state index contributed by atoms with van der Waals surface area (Å²) in [7, 11) is 0. The van der Waals surface area contributed by atoms with Gasteiger partial charge in [0, 0.05) is 23.6 Å². The molecule has 17 heavy (non-hydrogen) atoms. The number of rotatable bonds is 3. The minimum Gasteiger partial charge on any atom is -0.457 e. The third-order valence-electron chi connectivity index (χ3n) is 2.44. The zero-order valence-electron chi connectivity index (χ0n) is 9.40. The predicted molar refractivity (Wildman–Crippen MR) is 70.7 cm³/mol. The second kappa shape index (κ2) is 5.71. The van der Waals surface area contributed by atoms with Crippen LogP contribution in [-0.4, -0.2) is 0 Å². The molecule has 1 aliphatic rings. The first-order chi connectivity index (χ1) is 8.29. The van der Waals surface area contributed by atoms with Crippen molar-refractivity contribution in [2.24, 2.45) is 5.73 Å². The Labute approximate surface area is 106 Å². The van der Waals surface area contributed by atoms with Gasteiger partial charge in [0.15, 0.2) is 0 Å². The van der Waals surface area contributed by atoms with Gasteiger partial charge in [-0.2, -0.15) is 0 Å². The molecule has 0 fully saturated rings. The van der Waals surface area contributed by atoms with Crippen molar-refractivity contribution in [3.8, 4) is 5.75 Å². The van der Waals surface area contributed by atoms with Crippen LogP contribution >= 0.6 is 11.6 Å². The average molecular weight is 248 g/mol. The molecule has 88 valence electrons. The summed E-state index contributed by atoms with van der Waals surface area (Å²) in [6.07, 6.45) is 8.34. The molecule has 0 amide bonds. The molecule has 0 atom stereocenters. The number of halogens is 1. The van der Waals surface area contributed by atoms with Crippen molar-refractivity contribution in [2.45, 2.75) is 13.0 Å². The first-order valence-corrected chi connectivity index (χ1v) is 5.86. The Kier molecular flexibility index (Phi) is 4.02. The first-order valence-electron chi connectivity index (χ1n) is 5.48. The molecule has 0 bridgehead atoms. The fourth-order valence-corrected chi connectivity index (χ4v) is 1.70. The van der Waals surface area contributed by atoms with E-state index in [9.17, 15) is 0 Å². The number of ether oxygens (including phenoxy) is 1. The van der Waals surface area contributed by atoms with Gasteiger partial charge in [-0.05, 0) is 24.3 Å². The number of allylic oxidation sites excluding steroid dienone is 5. The molecule has 0 radical (unpaired) electrons. The van der Waals surface area contributed by atoms with E-state index in [1.807, 2.05) is 48.6 Å². The Bertz CT molecular complexity index is 489. The molecule has 0 heterocycles. The quantitative estimate of drug-likeness (QED) is 0.888. The Morgan fingerprint density at radius 1 is 1.24 bits per heavy atom. The molecule has 0 saturated carbocycles. The summed E-state index contributed by atoms with van der Waals surface area (Å²) in [4.78, 5) is 0. The van der Waals surface area contributed by atoms with E-state index in [-0.39, 0.29) is 0 Å². The van der Waals surface area contributed by atoms with Gasteiger partial charge in [0.05, 0.1) is 0 Å². The number of nitrogens with two attached hydrogens (primary N) is 1. The van der Waals surface area contributed by atoms with E-state index in [0.717, 1.165) is 28.5 Å². The van der Waals surface area contributed by atoms with Crippen LogP contribution in [-0.2, 0) is 6.54 Å².